The molecule has 3 aromatic rings. The van der Waals surface area contributed by atoms with Gasteiger partial charge in [-0.25, -0.2) is 4.98 Å². The summed E-state index contributed by atoms with van der Waals surface area (Å²) in [6.07, 6.45) is 2.59. The number of aromatic nitrogens is 1. The van der Waals surface area contributed by atoms with Gasteiger partial charge in [-0.05, 0) is 36.1 Å². The second-order valence-electron chi connectivity index (χ2n) is 6.52. The van der Waals surface area contributed by atoms with Crippen molar-refractivity contribution < 1.29 is 14.3 Å². The highest BCUT2D eigenvalue weighted by Crippen LogP contribution is 2.28. The maximum Gasteiger partial charge on any atom is 0.262 e. The lowest BCUT2D eigenvalue weighted by Gasteiger charge is -2.16. The van der Waals surface area contributed by atoms with Crippen LogP contribution in [0.15, 0.2) is 60.1 Å². The summed E-state index contributed by atoms with van der Waals surface area (Å²) in [6, 6.07) is 14.6. The molecule has 29 heavy (non-hydrogen) atoms. The van der Waals surface area contributed by atoms with E-state index in [9.17, 15) is 9.59 Å². The van der Waals surface area contributed by atoms with Crippen molar-refractivity contribution in [2.75, 3.05) is 17.2 Å². The van der Waals surface area contributed by atoms with Crippen LogP contribution < -0.4 is 15.4 Å². The first-order valence-corrected chi connectivity index (χ1v) is 10.3. The number of nitrogens with one attached hydrogen (secondary N) is 2. The Hall–Kier alpha value is -3.19. The molecule has 0 spiro atoms. The molecule has 3 rings (SSSR count). The number of carbonyl (C=O) groups is 2. The van der Waals surface area contributed by atoms with Gasteiger partial charge >= 0.3 is 0 Å². The van der Waals surface area contributed by atoms with Crippen LogP contribution in [0.5, 0.6) is 5.75 Å². The number of benzene rings is 2. The fourth-order valence-electron chi connectivity index (χ4n) is 2.81. The summed E-state index contributed by atoms with van der Waals surface area (Å²) in [6.45, 7) is 4.09. The third-order valence-corrected chi connectivity index (χ3v) is 5.21. The van der Waals surface area contributed by atoms with Gasteiger partial charge in [0, 0.05) is 11.6 Å². The average Bonchev–Trinajstić information content (AvgIpc) is 3.25. The molecule has 2 amide bonds. The van der Waals surface area contributed by atoms with Crippen molar-refractivity contribution in [2.45, 2.75) is 26.2 Å². The Morgan fingerprint density at radius 2 is 1.86 bits per heavy atom. The van der Waals surface area contributed by atoms with E-state index in [1.165, 1.54) is 11.3 Å². The highest BCUT2D eigenvalue weighted by molar-refractivity contribution is 7.13. The van der Waals surface area contributed by atoms with Gasteiger partial charge in [0.2, 0.25) is 0 Å². The minimum absolute atomic E-state index is 0.143. The first-order chi connectivity index (χ1) is 14.1. The van der Waals surface area contributed by atoms with Gasteiger partial charge in [-0.1, -0.05) is 44.2 Å². The summed E-state index contributed by atoms with van der Waals surface area (Å²) in [5.74, 6) is 0.369. The molecule has 0 saturated heterocycles. The number of ether oxygens (including phenoxy) is 1. The summed E-state index contributed by atoms with van der Waals surface area (Å²) >= 11 is 1.33. The van der Waals surface area contributed by atoms with E-state index in [1.807, 2.05) is 24.3 Å². The highest BCUT2D eigenvalue weighted by Gasteiger charge is 2.15. The van der Waals surface area contributed by atoms with Crippen molar-refractivity contribution in [3.63, 3.8) is 0 Å². The zero-order valence-corrected chi connectivity index (χ0v) is 17.2. The van der Waals surface area contributed by atoms with Gasteiger partial charge in [0.1, 0.15) is 5.75 Å². The van der Waals surface area contributed by atoms with Crippen LogP contribution >= 0.6 is 11.3 Å². The summed E-state index contributed by atoms with van der Waals surface area (Å²) < 4.78 is 5.76. The third kappa shape index (κ3) is 5.42. The lowest BCUT2D eigenvalue weighted by atomic mass is 9.98. The van der Waals surface area contributed by atoms with Crippen LogP contribution in [-0.4, -0.2) is 23.4 Å². The minimum Gasteiger partial charge on any atom is -0.483 e. The molecule has 0 saturated carbocycles. The van der Waals surface area contributed by atoms with Crippen LogP contribution in [0.1, 0.15) is 42.1 Å². The lowest BCUT2D eigenvalue weighted by molar-refractivity contribution is -0.118. The van der Waals surface area contributed by atoms with Crippen LogP contribution in [0.4, 0.5) is 10.8 Å². The SMILES string of the molecule is CCC(C)c1ccccc1OCC(=O)Nc1ccccc1C(=O)Nc1nccs1. The van der Waals surface area contributed by atoms with Crippen molar-refractivity contribution >= 4 is 34.0 Å². The molecule has 0 aliphatic carbocycles. The van der Waals surface area contributed by atoms with E-state index in [1.54, 1.807) is 35.8 Å². The number of amides is 2. The van der Waals surface area contributed by atoms with Crippen molar-refractivity contribution in [1.29, 1.82) is 0 Å². The molecule has 7 heteroatoms. The molecule has 0 radical (unpaired) electrons. The number of carbonyl (C=O) groups excluding carboxylic acids is 2. The Kier molecular flexibility index (Phi) is 6.97. The topological polar surface area (TPSA) is 80.3 Å². The van der Waals surface area contributed by atoms with E-state index in [0.717, 1.165) is 12.0 Å². The van der Waals surface area contributed by atoms with Gasteiger partial charge in [0.05, 0.1) is 11.3 Å². The average molecular weight is 410 g/mol. The Balaban J connectivity index is 1.65. The molecule has 2 N–H and O–H groups in total. The number of nitrogens with zero attached hydrogens (tertiary/aromatic N) is 1. The number of anilines is 2. The predicted octanol–water partition coefficient (Wildman–Crippen LogP) is 4.93. The van der Waals surface area contributed by atoms with Crippen LogP contribution in [-0.2, 0) is 4.79 Å². The monoisotopic (exact) mass is 409 g/mol. The number of thiazole rings is 1. The molecule has 0 aliphatic heterocycles. The van der Waals surface area contributed by atoms with Crippen molar-refractivity contribution in [3.8, 4) is 5.75 Å². The number of hydrogen-bond donors (Lipinski definition) is 2. The second-order valence-corrected chi connectivity index (χ2v) is 7.42. The normalized spacial score (nSPS) is 11.5. The van der Waals surface area contributed by atoms with Gasteiger partial charge in [0.15, 0.2) is 11.7 Å². The second kappa shape index (κ2) is 9.84. The van der Waals surface area contributed by atoms with Crippen LogP contribution in [0.3, 0.4) is 0 Å². The molecule has 150 valence electrons. The van der Waals surface area contributed by atoms with Gasteiger partial charge < -0.3 is 10.1 Å². The number of hydrogen-bond acceptors (Lipinski definition) is 5. The first kappa shape index (κ1) is 20.5. The van der Waals surface area contributed by atoms with E-state index >= 15 is 0 Å². The summed E-state index contributed by atoms with van der Waals surface area (Å²) in [5.41, 5.74) is 1.85. The van der Waals surface area contributed by atoms with Gasteiger partial charge in [-0.2, -0.15) is 0 Å². The summed E-state index contributed by atoms with van der Waals surface area (Å²) in [7, 11) is 0. The predicted molar refractivity (Wildman–Crippen MR) is 116 cm³/mol. The maximum atomic E-state index is 12.5. The van der Waals surface area contributed by atoms with E-state index in [0.29, 0.717) is 28.0 Å². The standard InChI is InChI=1S/C22H23N3O3S/c1-3-15(2)16-8-5-7-11-19(16)28-14-20(26)24-18-10-6-4-9-17(18)21(27)25-22-23-12-13-29-22/h4-13,15H,3,14H2,1-2H3,(H,24,26)(H,23,25,27). The Morgan fingerprint density at radius 3 is 2.62 bits per heavy atom. The van der Waals surface area contributed by atoms with Crippen molar-refractivity contribution in [1.82, 2.24) is 4.98 Å². The molecule has 1 aromatic heterocycles. The van der Waals surface area contributed by atoms with Gasteiger partial charge in [-0.3, -0.25) is 14.9 Å². The van der Waals surface area contributed by atoms with Crippen molar-refractivity contribution in [2.24, 2.45) is 0 Å². The number of para-hydroxylation sites is 2. The van der Waals surface area contributed by atoms with Crippen LogP contribution in [0.25, 0.3) is 0 Å². The zero-order valence-electron chi connectivity index (χ0n) is 16.3. The first-order valence-electron chi connectivity index (χ1n) is 9.40. The van der Waals surface area contributed by atoms with E-state index in [2.05, 4.69) is 29.5 Å². The summed E-state index contributed by atoms with van der Waals surface area (Å²) in [5, 5.41) is 7.76. The maximum absolute atomic E-state index is 12.5. The Bertz CT molecular complexity index is 973. The zero-order chi connectivity index (χ0) is 20.6. The van der Waals surface area contributed by atoms with Crippen molar-refractivity contribution in [3.05, 3.63) is 71.2 Å². The van der Waals surface area contributed by atoms with Gasteiger partial charge in [0.25, 0.3) is 11.8 Å². The van der Waals surface area contributed by atoms with E-state index in [4.69, 9.17) is 4.74 Å². The van der Waals surface area contributed by atoms with Crippen LogP contribution in [0.2, 0.25) is 0 Å². The fourth-order valence-corrected chi connectivity index (χ4v) is 3.33. The largest absolute Gasteiger partial charge is 0.483 e. The fraction of sp³-hybridized carbons (Fsp3) is 0.227. The molecular formula is C22H23N3O3S. The molecule has 0 fully saturated rings. The minimum atomic E-state index is -0.335. The quantitative estimate of drug-likeness (QED) is 0.553. The molecule has 1 atom stereocenters. The number of rotatable bonds is 8. The molecular weight excluding hydrogens is 386 g/mol. The molecule has 6 nitrogen and oxygen atoms in total. The molecule has 0 bridgehead atoms. The van der Waals surface area contributed by atoms with E-state index in [-0.39, 0.29) is 18.4 Å². The molecule has 1 heterocycles. The molecule has 0 aliphatic rings. The Morgan fingerprint density at radius 1 is 1.10 bits per heavy atom. The summed E-state index contributed by atoms with van der Waals surface area (Å²) in [4.78, 5) is 29.0. The Labute approximate surface area is 173 Å². The highest BCUT2D eigenvalue weighted by atomic mass is 32.1. The van der Waals surface area contributed by atoms with Gasteiger partial charge in [-0.15, -0.1) is 11.3 Å². The molecule has 2 aromatic carbocycles. The van der Waals surface area contributed by atoms with Crippen LogP contribution in [0, 0.1) is 0 Å². The smallest absolute Gasteiger partial charge is 0.262 e. The van der Waals surface area contributed by atoms with E-state index < -0.39 is 0 Å². The lowest BCUT2D eigenvalue weighted by Crippen LogP contribution is -2.23. The molecule has 1 unspecified atom stereocenters. The third-order valence-electron chi connectivity index (χ3n) is 4.52.